The largest absolute Gasteiger partial charge is 0.368 e. The predicted molar refractivity (Wildman–Crippen MR) is 109 cm³/mol. The van der Waals surface area contributed by atoms with Gasteiger partial charge in [-0.2, -0.15) is 0 Å². The van der Waals surface area contributed by atoms with Crippen molar-refractivity contribution in [2.45, 2.75) is 26.2 Å². The molecule has 1 N–H and O–H groups in total. The molecule has 4 nitrogen and oxygen atoms in total. The van der Waals surface area contributed by atoms with Gasteiger partial charge in [-0.15, -0.1) is 24.8 Å². The van der Waals surface area contributed by atoms with E-state index >= 15 is 0 Å². The van der Waals surface area contributed by atoms with Crippen LogP contribution in [0.3, 0.4) is 0 Å². The van der Waals surface area contributed by atoms with Crippen molar-refractivity contribution in [2.75, 3.05) is 44.2 Å². The molecule has 1 aromatic rings. The molecule has 2 fully saturated rings. The van der Waals surface area contributed by atoms with E-state index in [1.54, 1.807) is 0 Å². The Balaban J connectivity index is 0.00000169. The number of nitrogens with one attached hydrogen (secondary N) is 1. The van der Waals surface area contributed by atoms with Crippen LogP contribution >= 0.6 is 24.8 Å². The highest BCUT2D eigenvalue weighted by atomic mass is 35.5. The first-order valence-electron chi connectivity index (χ1n) is 9.12. The second-order valence-electron chi connectivity index (χ2n) is 7.13. The van der Waals surface area contributed by atoms with Gasteiger partial charge in [-0.3, -0.25) is 4.79 Å². The molecule has 148 valence electrons. The van der Waals surface area contributed by atoms with Gasteiger partial charge in [0.2, 0.25) is 5.91 Å². The van der Waals surface area contributed by atoms with Gasteiger partial charge in [0.1, 0.15) is 5.82 Å². The molecular weight excluding hydrogens is 376 g/mol. The highest BCUT2D eigenvalue weighted by Gasteiger charge is 2.26. The number of rotatable bonds is 4. The van der Waals surface area contributed by atoms with Crippen LogP contribution in [0.5, 0.6) is 0 Å². The van der Waals surface area contributed by atoms with Gasteiger partial charge in [0.25, 0.3) is 0 Å². The van der Waals surface area contributed by atoms with Crippen molar-refractivity contribution in [3.05, 3.63) is 30.1 Å². The monoisotopic (exact) mass is 405 g/mol. The number of nitrogens with zero attached hydrogens (tertiary/aromatic N) is 2. The molecule has 26 heavy (non-hydrogen) atoms. The Morgan fingerprint density at radius 3 is 2.42 bits per heavy atom. The molecule has 2 heterocycles. The maximum absolute atomic E-state index is 13.0. The lowest BCUT2D eigenvalue weighted by atomic mass is 9.85. The second kappa shape index (κ2) is 11.0. The van der Waals surface area contributed by atoms with Crippen LogP contribution in [0.2, 0.25) is 0 Å². The maximum atomic E-state index is 13.0. The molecule has 1 aromatic carbocycles. The van der Waals surface area contributed by atoms with Gasteiger partial charge >= 0.3 is 0 Å². The zero-order chi connectivity index (χ0) is 16.9. The van der Waals surface area contributed by atoms with Crippen LogP contribution in [0.1, 0.15) is 26.2 Å². The number of piperidine rings is 1. The number of halogens is 3. The average Bonchev–Trinajstić information content (AvgIpc) is 2.63. The molecule has 0 aliphatic carbocycles. The van der Waals surface area contributed by atoms with Crippen LogP contribution in [0.4, 0.5) is 10.1 Å². The van der Waals surface area contributed by atoms with E-state index < -0.39 is 0 Å². The average molecular weight is 406 g/mol. The summed E-state index contributed by atoms with van der Waals surface area (Å²) in [5.74, 6) is 1.15. The Labute approximate surface area is 168 Å². The van der Waals surface area contributed by atoms with Crippen molar-refractivity contribution in [1.29, 1.82) is 0 Å². The minimum Gasteiger partial charge on any atom is -0.368 e. The summed E-state index contributed by atoms with van der Waals surface area (Å²) >= 11 is 0. The highest BCUT2D eigenvalue weighted by Crippen LogP contribution is 2.24. The molecule has 1 amide bonds. The number of benzene rings is 1. The van der Waals surface area contributed by atoms with E-state index in [-0.39, 0.29) is 36.5 Å². The maximum Gasteiger partial charge on any atom is 0.222 e. The topological polar surface area (TPSA) is 35.6 Å². The lowest BCUT2D eigenvalue weighted by Crippen LogP contribution is -2.49. The first-order valence-corrected chi connectivity index (χ1v) is 9.12. The normalized spacial score (nSPS) is 21.4. The number of anilines is 1. The smallest absolute Gasteiger partial charge is 0.222 e. The number of hydrogen-bond donors (Lipinski definition) is 1. The van der Waals surface area contributed by atoms with E-state index in [2.05, 4.69) is 17.1 Å². The number of hydrogen-bond acceptors (Lipinski definition) is 3. The van der Waals surface area contributed by atoms with Crippen molar-refractivity contribution in [3.63, 3.8) is 0 Å². The van der Waals surface area contributed by atoms with Crippen molar-refractivity contribution in [2.24, 2.45) is 11.8 Å². The Morgan fingerprint density at radius 2 is 1.85 bits per heavy atom. The summed E-state index contributed by atoms with van der Waals surface area (Å²) in [6, 6.07) is 6.61. The SMILES string of the molecule is CC(CC(=O)N1CCN(c2ccc(F)cc2)CC1)C1CCCNC1.Cl.Cl. The molecule has 0 aromatic heterocycles. The standard InChI is InChI=1S/C19H28FN3O.2ClH/c1-15(16-3-2-8-21-14-16)13-19(24)23-11-9-22(10-12-23)18-6-4-17(20)5-7-18;;/h4-7,15-16,21H,2-3,8-14H2,1H3;2*1H. The lowest BCUT2D eigenvalue weighted by Gasteiger charge is -2.37. The molecule has 3 rings (SSSR count). The predicted octanol–water partition coefficient (Wildman–Crippen LogP) is 3.34. The minimum atomic E-state index is -0.209. The fourth-order valence-corrected chi connectivity index (χ4v) is 3.80. The number of amides is 1. The van der Waals surface area contributed by atoms with Gasteiger partial charge in [0, 0.05) is 38.3 Å². The zero-order valence-corrected chi connectivity index (χ0v) is 17.0. The molecule has 0 saturated carbocycles. The van der Waals surface area contributed by atoms with Crippen LogP contribution in [0.25, 0.3) is 0 Å². The van der Waals surface area contributed by atoms with Gasteiger partial charge < -0.3 is 15.1 Å². The van der Waals surface area contributed by atoms with Gasteiger partial charge in [0.05, 0.1) is 0 Å². The molecule has 0 radical (unpaired) electrons. The Morgan fingerprint density at radius 1 is 1.19 bits per heavy atom. The van der Waals surface area contributed by atoms with Crippen molar-refractivity contribution in [3.8, 4) is 0 Å². The van der Waals surface area contributed by atoms with Crippen LogP contribution in [-0.4, -0.2) is 50.1 Å². The summed E-state index contributed by atoms with van der Waals surface area (Å²) in [4.78, 5) is 16.8. The molecule has 2 saturated heterocycles. The molecule has 0 spiro atoms. The van der Waals surface area contributed by atoms with Crippen LogP contribution in [0.15, 0.2) is 24.3 Å². The highest BCUT2D eigenvalue weighted by molar-refractivity contribution is 5.85. The van der Waals surface area contributed by atoms with E-state index in [9.17, 15) is 9.18 Å². The van der Waals surface area contributed by atoms with Gasteiger partial charge in [0.15, 0.2) is 0 Å². The number of carbonyl (C=O) groups excluding carboxylic acids is 1. The molecule has 2 atom stereocenters. The summed E-state index contributed by atoms with van der Waals surface area (Å²) in [5.41, 5.74) is 1.03. The Kier molecular flexibility index (Phi) is 9.69. The summed E-state index contributed by atoms with van der Waals surface area (Å²) in [6.45, 7) is 7.52. The summed E-state index contributed by atoms with van der Waals surface area (Å²) in [5, 5.41) is 3.44. The van der Waals surface area contributed by atoms with Crippen LogP contribution in [0, 0.1) is 17.7 Å². The van der Waals surface area contributed by atoms with Gasteiger partial charge in [-0.25, -0.2) is 4.39 Å². The molecule has 7 heteroatoms. The van der Waals surface area contributed by atoms with E-state index in [1.165, 1.54) is 25.0 Å². The van der Waals surface area contributed by atoms with Crippen LogP contribution < -0.4 is 10.2 Å². The van der Waals surface area contributed by atoms with E-state index in [0.717, 1.165) is 45.0 Å². The summed E-state index contributed by atoms with van der Waals surface area (Å²) in [7, 11) is 0. The Bertz CT molecular complexity index is 544. The van der Waals surface area contributed by atoms with Crippen molar-refractivity contribution < 1.29 is 9.18 Å². The number of piperazine rings is 1. The van der Waals surface area contributed by atoms with E-state index in [4.69, 9.17) is 0 Å². The van der Waals surface area contributed by atoms with E-state index in [0.29, 0.717) is 18.3 Å². The second-order valence-corrected chi connectivity index (χ2v) is 7.13. The fraction of sp³-hybridized carbons (Fsp3) is 0.632. The molecule has 0 bridgehead atoms. The first kappa shape index (κ1) is 23.0. The van der Waals surface area contributed by atoms with Gasteiger partial charge in [-0.05, 0) is 62.0 Å². The van der Waals surface area contributed by atoms with Crippen LogP contribution in [-0.2, 0) is 4.79 Å². The summed E-state index contributed by atoms with van der Waals surface area (Å²) in [6.07, 6.45) is 3.11. The third kappa shape index (κ3) is 6.00. The quantitative estimate of drug-likeness (QED) is 0.833. The Hall–Kier alpha value is -1.04. The molecule has 2 unspecified atom stereocenters. The molecule has 2 aliphatic rings. The van der Waals surface area contributed by atoms with Crippen molar-refractivity contribution >= 4 is 36.4 Å². The molecular formula is C19H30Cl2FN3O. The minimum absolute atomic E-state index is 0. The van der Waals surface area contributed by atoms with E-state index in [1.807, 2.05) is 17.0 Å². The fourth-order valence-electron chi connectivity index (χ4n) is 3.80. The number of carbonyl (C=O) groups is 1. The molecule has 2 aliphatic heterocycles. The first-order chi connectivity index (χ1) is 11.6. The van der Waals surface area contributed by atoms with Crippen molar-refractivity contribution in [1.82, 2.24) is 10.2 Å². The third-order valence-electron chi connectivity index (χ3n) is 5.46. The lowest BCUT2D eigenvalue weighted by molar-refractivity contribution is -0.132. The zero-order valence-electron chi connectivity index (χ0n) is 15.3. The summed E-state index contributed by atoms with van der Waals surface area (Å²) < 4.78 is 13.0. The third-order valence-corrected chi connectivity index (χ3v) is 5.46. The van der Waals surface area contributed by atoms with Gasteiger partial charge in [-0.1, -0.05) is 6.92 Å².